The topological polar surface area (TPSA) is 21.3 Å². The molecule has 0 aliphatic heterocycles. The van der Waals surface area contributed by atoms with Crippen molar-refractivity contribution < 1.29 is 4.74 Å². The summed E-state index contributed by atoms with van der Waals surface area (Å²) in [7, 11) is 1.69. The Morgan fingerprint density at radius 1 is 1.10 bits per heavy atom. The summed E-state index contributed by atoms with van der Waals surface area (Å²) in [5, 5.41) is 3.58. The van der Waals surface area contributed by atoms with E-state index in [0.717, 1.165) is 28.8 Å². The van der Waals surface area contributed by atoms with Gasteiger partial charge in [0.05, 0.1) is 17.6 Å². The van der Waals surface area contributed by atoms with Crippen molar-refractivity contribution in [1.29, 1.82) is 0 Å². The van der Waals surface area contributed by atoms with E-state index in [2.05, 4.69) is 65.4 Å². The number of methoxy groups -OCH3 is 1. The van der Waals surface area contributed by atoms with Crippen LogP contribution in [0.2, 0.25) is 0 Å². The third kappa shape index (κ3) is 4.01. The van der Waals surface area contributed by atoms with Gasteiger partial charge in [0.25, 0.3) is 0 Å². The molecule has 2 aromatic carbocycles. The van der Waals surface area contributed by atoms with Gasteiger partial charge < -0.3 is 10.1 Å². The maximum Gasteiger partial charge on any atom is 0.135 e. The quantitative estimate of drug-likeness (QED) is 0.735. The lowest BCUT2D eigenvalue weighted by atomic mass is 10.0. The number of ether oxygens (including phenoxy) is 1. The largest absolute Gasteiger partial charge is 0.495 e. The zero-order chi connectivity index (χ0) is 15.2. The van der Waals surface area contributed by atoms with Gasteiger partial charge in [0.2, 0.25) is 0 Å². The highest BCUT2D eigenvalue weighted by Gasteiger charge is 2.10. The molecule has 0 fully saturated rings. The summed E-state index contributed by atoms with van der Waals surface area (Å²) < 4.78 is 6.32. The second-order valence-corrected chi connectivity index (χ2v) is 5.90. The number of nitrogens with one attached hydrogen (secondary N) is 1. The number of halogens is 1. The van der Waals surface area contributed by atoms with Gasteiger partial charge >= 0.3 is 0 Å². The average Bonchev–Trinajstić information content (AvgIpc) is 2.54. The summed E-state index contributed by atoms with van der Waals surface area (Å²) in [5.74, 6) is 0.844. The van der Waals surface area contributed by atoms with Crippen LogP contribution in [0.15, 0.2) is 46.9 Å². The van der Waals surface area contributed by atoms with E-state index in [1.54, 1.807) is 7.11 Å². The Balaban J connectivity index is 2.18. The van der Waals surface area contributed by atoms with Crippen molar-refractivity contribution in [2.75, 3.05) is 12.4 Å². The smallest absolute Gasteiger partial charge is 0.135 e. The van der Waals surface area contributed by atoms with Gasteiger partial charge in [-0.25, -0.2) is 0 Å². The Morgan fingerprint density at radius 3 is 2.38 bits per heavy atom. The normalized spacial score (nSPS) is 12.0. The number of rotatable bonds is 6. The van der Waals surface area contributed by atoms with Crippen molar-refractivity contribution in [1.82, 2.24) is 0 Å². The van der Waals surface area contributed by atoms with Crippen molar-refractivity contribution in [2.45, 2.75) is 32.7 Å². The maximum absolute atomic E-state index is 5.35. The van der Waals surface area contributed by atoms with Crippen molar-refractivity contribution in [2.24, 2.45) is 0 Å². The summed E-state index contributed by atoms with van der Waals surface area (Å²) in [6, 6.07) is 15.3. The standard InChI is InChI=1S/C18H22BrNO/c1-4-13-6-8-14(9-7-13)17(5-2)20-15-10-11-16(19)18(12-15)21-3/h6-12,17,20H,4-5H2,1-3H3. The van der Waals surface area contributed by atoms with Crippen LogP contribution >= 0.6 is 15.9 Å². The predicted molar refractivity (Wildman–Crippen MR) is 93.2 cm³/mol. The van der Waals surface area contributed by atoms with Gasteiger partial charge in [-0.2, -0.15) is 0 Å². The van der Waals surface area contributed by atoms with Gasteiger partial charge in [-0.05, 0) is 52.0 Å². The van der Waals surface area contributed by atoms with E-state index >= 15 is 0 Å². The summed E-state index contributed by atoms with van der Waals surface area (Å²) in [6.07, 6.45) is 2.11. The van der Waals surface area contributed by atoms with Crippen LogP contribution < -0.4 is 10.1 Å². The molecular weight excluding hydrogens is 326 g/mol. The van der Waals surface area contributed by atoms with E-state index in [4.69, 9.17) is 4.74 Å². The summed E-state index contributed by atoms with van der Waals surface area (Å²) >= 11 is 3.48. The van der Waals surface area contributed by atoms with E-state index in [-0.39, 0.29) is 0 Å². The van der Waals surface area contributed by atoms with Crippen LogP contribution in [0.3, 0.4) is 0 Å². The second kappa shape index (κ2) is 7.51. The van der Waals surface area contributed by atoms with Crippen LogP contribution in [-0.2, 0) is 6.42 Å². The first-order valence-electron chi connectivity index (χ1n) is 7.36. The second-order valence-electron chi connectivity index (χ2n) is 5.05. The highest BCUT2D eigenvalue weighted by molar-refractivity contribution is 9.10. The Bertz CT molecular complexity index is 580. The van der Waals surface area contributed by atoms with Crippen LogP contribution in [0.25, 0.3) is 0 Å². The zero-order valence-electron chi connectivity index (χ0n) is 12.8. The van der Waals surface area contributed by atoms with Gasteiger partial charge in [-0.1, -0.05) is 38.1 Å². The number of aryl methyl sites for hydroxylation is 1. The summed E-state index contributed by atoms with van der Waals surface area (Å²) in [4.78, 5) is 0. The highest BCUT2D eigenvalue weighted by atomic mass is 79.9. The Labute approximate surface area is 135 Å². The Kier molecular flexibility index (Phi) is 5.68. The molecule has 0 bridgehead atoms. The van der Waals surface area contributed by atoms with E-state index < -0.39 is 0 Å². The first-order valence-corrected chi connectivity index (χ1v) is 8.16. The van der Waals surface area contributed by atoms with Gasteiger partial charge in [0.15, 0.2) is 0 Å². The van der Waals surface area contributed by atoms with Crippen molar-refractivity contribution in [3.8, 4) is 5.75 Å². The minimum Gasteiger partial charge on any atom is -0.495 e. The molecule has 2 nitrogen and oxygen atoms in total. The number of hydrogen-bond donors (Lipinski definition) is 1. The molecule has 0 saturated heterocycles. The fraction of sp³-hybridized carbons (Fsp3) is 0.333. The summed E-state index contributed by atoms with van der Waals surface area (Å²) in [5.41, 5.74) is 3.76. The van der Waals surface area contributed by atoms with E-state index in [1.807, 2.05) is 12.1 Å². The van der Waals surface area contributed by atoms with Crippen LogP contribution in [0.1, 0.15) is 37.4 Å². The predicted octanol–water partition coefficient (Wildman–Crippen LogP) is 5.58. The molecule has 2 rings (SSSR count). The zero-order valence-corrected chi connectivity index (χ0v) is 14.4. The molecule has 112 valence electrons. The molecule has 1 N–H and O–H groups in total. The molecule has 2 aromatic rings. The fourth-order valence-corrected chi connectivity index (χ4v) is 2.77. The molecule has 21 heavy (non-hydrogen) atoms. The lowest BCUT2D eigenvalue weighted by molar-refractivity contribution is 0.412. The number of benzene rings is 2. The minimum atomic E-state index is 0.307. The number of hydrogen-bond acceptors (Lipinski definition) is 2. The fourth-order valence-electron chi connectivity index (χ4n) is 2.36. The minimum absolute atomic E-state index is 0.307. The van der Waals surface area contributed by atoms with Gasteiger partial charge in [-0.3, -0.25) is 0 Å². The lowest BCUT2D eigenvalue weighted by Crippen LogP contribution is -2.09. The van der Waals surface area contributed by atoms with Crippen molar-refractivity contribution >= 4 is 21.6 Å². The molecule has 1 atom stereocenters. The molecule has 0 aliphatic carbocycles. The molecule has 0 heterocycles. The maximum atomic E-state index is 5.35. The molecule has 0 aromatic heterocycles. The first-order chi connectivity index (χ1) is 10.2. The molecule has 3 heteroatoms. The van der Waals surface area contributed by atoms with Crippen molar-refractivity contribution in [3.63, 3.8) is 0 Å². The Morgan fingerprint density at radius 2 is 1.81 bits per heavy atom. The van der Waals surface area contributed by atoms with Gasteiger partial charge in [0.1, 0.15) is 5.75 Å². The van der Waals surface area contributed by atoms with Crippen LogP contribution in [0, 0.1) is 0 Å². The average molecular weight is 348 g/mol. The molecule has 0 amide bonds. The molecule has 0 spiro atoms. The summed E-state index contributed by atoms with van der Waals surface area (Å²) in [6.45, 7) is 4.38. The van der Waals surface area contributed by atoms with Crippen LogP contribution in [-0.4, -0.2) is 7.11 Å². The van der Waals surface area contributed by atoms with E-state index in [1.165, 1.54) is 11.1 Å². The van der Waals surface area contributed by atoms with Crippen LogP contribution in [0.5, 0.6) is 5.75 Å². The molecule has 0 saturated carbocycles. The lowest BCUT2D eigenvalue weighted by Gasteiger charge is -2.20. The Hall–Kier alpha value is -1.48. The van der Waals surface area contributed by atoms with E-state index in [0.29, 0.717) is 6.04 Å². The molecule has 0 aliphatic rings. The SMILES string of the molecule is CCc1ccc(C(CC)Nc2ccc(Br)c(OC)c2)cc1. The molecule has 0 radical (unpaired) electrons. The monoisotopic (exact) mass is 347 g/mol. The highest BCUT2D eigenvalue weighted by Crippen LogP contribution is 2.30. The third-order valence-electron chi connectivity index (χ3n) is 3.69. The van der Waals surface area contributed by atoms with Gasteiger partial charge in [0, 0.05) is 11.8 Å². The van der Waals surface area contributed by atoms with E-state index in [9.17, 15) is 0 Å². The molecule has 1 unspecified atom stereocenters. The van der Waals surface area contributed by atoms with Gasteiger partial charge in [-0.15, -0.1) is 0 Å². The third-order valence-corrected chi connectivity index (χ3v) is 4.35. The number of anilines is 1. The van der Waals surface area contributed by atoms with Crippen LogP contribution in [0.4, 0.5) is 5.69 Å². The first kappa shape index (κ1) is 15.9. The van der Waals surface area contributed by atoms with Crippen molar-refractivity contribution in [3.05, 3.63) is 58.1 Å². The molecular formula is C18H22BrNO.